The van der Waals surface area contributed by atoms with E-state index in [0.717, 1.165) is 0 Å². The van der Waals surface area contributed by atoms with E-state index >= 15 is 0 Å². The summed E-state index contributed by atoms with van der Waals surface area (Å²) < 4.78 is 4.36. The average molecular weight is 210 g/mol. The number of halogens is 2. The molecule has 3 nitrogen and oxygen atoms in total. The third-order valence-electron chi connectivity index (χ3n) is 1.25. The maximum Gasteiger partial charge on any atom is 0.323 e. The van der Waals surface area contributed by atoms with E-state index in [0.29, 0.717) is 0 Å². The van der Waals surface area contributed by atoms with Crippen LogP contribution in [-0.4, -0.2) is 23.3 Å². The molecule has 0 N–H and O–H groups in total. The van der Waals surface area contributed by atoms with E-state index in [1.54, 1.807) is 0 Å². The van der Waals surface area contributed by atoms with Crippen molar-refractivity contribution in [1.29, 1.82) is 5.26 Å². The number of hydrogen-bond donors (Lipinski definition) is 0. The lowest BCUT2D eigenvalue weighted by molar-refractivity contribution is -0.140. The Hall–Kier alpha value is -0.460. The first-order valence-corrected chi connectivity index (χ1v) is 4.06. The Labute approximate surface area is 81.2 Å². The molecule has 0 saturated heterocycles. The number of ether oxygens (including phenoxy) is 1. The zero-order chi connectivity index (χ0) is 9.78. The molecule has 0 aliphatic carbocycles. The van der Waals surface area contributed by atoms with E-state index in [9.17, 15) is 4.79 Å². The lowest BCUT2D eigenvalue weighted by atomic mass is 10.1. The number of methoxy groups -OCH3 is 1. The van der Waals surface area contributed by atoms with Crippen LogP contribution in [0.2, 0.25) is 0 Å². The van der Waals surface area contributed by atoms with Crippen molar-refractivity contribution in [2.45, 2.75) is 23.6 Å². The molecule has 0 saturated carbocycles. The molecule has 0 rings (SSSR count). The number of carbonyl (C=O) groups excluding carboxylic acids is 1. The van der Waals surface area contributed by atoms with Gasteiger partial charge in [0.1, 0.15) is 10.3 Å². The summed E-state index contributed by atoms with van der Waals surface area (Å²) >= 11 is 11.2. The lowest BCUT2D eigenvalue weighted by Gasteiger charge is -2.14. The van der Waals surface area contributed by atoms with Gasteiger partial charge in [0.2, 0.25) is 0 Å². The van der Waals surface area contributed by atoms with Gasteiger partial charge in [0.05, 0.1) is 13.2 Å². The van der Waals surface area contributed by atoms with Crippen LogP contribution in [0.1, 0.15) is 13.3 Å². The van der Waals surface area contributed by atoms with E-state index in [1.807, 2.05) is 6.07 Å². The maximum atomic E-state index is 10.8. The molecule has 0 heterocycles. The van der Waals surface area contributed by atoms with Crippen molar-refractivity contribution in [3.8, 4) is 6.07 Å². The molecule has 2 unspecified atom stereocenters. The molecule has 0 aromatic heterocycles. The van der Waals surface area contributed by atoms with E-state index in [1.165, 1.54) is 14.0 Å². The smallest absolute Gasteiger partial charge is 0.323 e. The quantitative estimate of drug-likeness (QED) is 0.525. The van der Waals surface area contributed by atoms with Crippen molar-refractivity contribution in [1.82, 2.24) is 0 Å². The van der Waals surface area contributed by atoms with Crippen LogP contribution >= 0.6 is 23.2 Å². The first-order valence-electron chi connectivity index (χ1n) is 3.25. The van der Waals surface area contributed by atoms with Crippen LogP contribution < -0.4 is 0 Å². The minimum absolute atomic E-state index is 0.0687. The summed E-state index contributed by atoms with van der Waals surface area (Å²) in [5.41, 5.74) is 0. The van der Waals surface area contributed by atoms with Gasteiger partial charge in [0.15, 0.2) is 0 Å². The summed E-state index contributed by atoms with van der Waals surface area (Å²) in [6.45, 7) is 1.49. The van der Waals surface area contributed by atoms with Gasteiger partial charge in [0.25, 0.3) is 0 Å². The predicted octanol–water partition coefficient (Wildman–Crippen LogP) is 1.68. The summed E-state index contributed by atoms with van der Waals surface area (Å²) in [5, 5.41) is 7.64. The minimum atomic E-state index is -1.11. The molecule has 0 aliphatic rings. The van der Waals surface area contributed by atoms with Crippen LogP contribution in [0, 0.1) is 11.3 Å². The van der Waals surface area contributed by atoms with Crippen LogP contribution in [0.25, 0.3) is 0 Å². The number of nitriles is 1. The number of nitrogens with zero attached hydrogens (tertiary/aromatic N) is 1. The molecule has 0 amide bonds. The number of alkyl halides is 2. The molecular formula is C7H9Cl2NO2. The largest absolute Gasteiger partial charge is 0.468 e. The van der Waals surface area contributed by atoms with Gasteiger partial charge in [-0.1, -0.05) is 0 Å². The van der Waals surface area contributed by atoms with Gasteiger partial charge in [-0.25, -0.2) is 0 Å². The Kier molecular flexibility index (Phi) is 4.36. The monoisotopic (exact) mass is 209 g/mol. The molecule has 0 radical (unpaired) electrons. The zero-order valence-corrected chi connectivity index (χ0v) is 8.32. The molecular weight excluding hydrogens is 201 g/mol. The van der Waals surface area contributed by atoms with E-state index in [-0.39, 0.29) is 6.42 Å². The fourth-order valence-electron chi connectivity index (χ4n) is 0.593. The number of rotatable bonds is 3. The molecule has 0 bridgehead atoms. The van der Waals surface area contributed by atoms with Crippen LogP contribution in [-0.2, 0) is 9.53 Å². The van der Waals surface area contributed by atoms with Gasteiger partial charge in [0, 0.05) is 6.42 Å². The van der Waals surface area contributed by atoms with Crippen molar-refractivity contribution in [2.75, 3.05) is 7.11 Å². The fourth-order valence-corrected chi connectivity index (χ4v) is 1.22. The Morgan fingerprint density at radius 3 is 2.67 bits per heavy atom. The second-order valence-corrected chi connectivity index (χ2v) is 3.87. The van der Waals surface area contributed by atoms with Gasteiger partial charge in [-0.05, 0) is 6.92 Å². The molecule has 0 spiro atoms. The summed E-state index contributed by atoms with van der Waals surface area (Å²) in [4.78, 5) is 9.67. The fraction of sp³-hybridized carbons (Fsp3) is 0.714. The third-order valence-corrected chi connectivity index (χ3v) is 1.82. The van der Waals surface area contributed by atoms with Gasteiger partial charge in [-0.2, -0.15) is 5.26 Å². The molecule has 0 fully saturated rings. The highest BCUT2D eigenvalue weighted by Gasteiger charge is 2.28. The van der Waals surface area contributed by atoms with E-state index in [4.69, 9.17) is 28.5 Å². The number of esters is 1. The lowest BCUT2D eigenvalue weighted by Crippen LogP contribution is -2.26. The van der Waals surface area contributed by atoms with Crippen LogP contribution in [0.3, 0.4) is 0 Å². The Morgan fingerprint density at radius 1 is 1.83 bits per heavy atom. The minimum Gasteiger partial charge on any atom is -0.468 e. The van der Waals surface area contributed by atoms with E-state index < -0.39 is 16.2 Å². The first kappa shape index (κ1) is 11.5. The number of hydrogen-bond acceptors (Lipinski definition) is 3. The summed E-state index contributed by atoms with van der Waals surface area (Å²) in [6.07, 6.45) is 0.0687. The zero-order valence-electron chi connectivity index (χ0n) is 6.80. The van der Waals surface area contributed by atoms with Crippen LogP contribution in [0.15, 0.2) is 0 Å². The standard InChI is InChI=1S/C7H9Cl2NO2/c1-7(9,4-10)3-5(8)6(11)12-2/h5H,3H2,1-2H3. The van der Waals surface area contributed by atoms with Gasteiger partial charge in [-0.3, -0.25) is 4.79 Å². The molecule has 0 aromatic carbocycles. The van der Waals surface area contributed by atoms with Crippen LogP contribution in [0.5, 0.6) is 0 Å². The molecule has 5 heteroatoms. The molecule has 0 aliphatic heterocycles. The average Bonchev–Trinajstić information content (AvgIpc) is 2.02. The van der Waals surface area contributed by atoms with Crippen molar-refractivity contribution in [3.63, 3.8) is 0 Å². The predicted molar refractivity (Wildman–Crippen MR) is 46.1 cm³/mol. The molecule has 0 aromatic rings. The topological polar surface area (TPSA) is 50.1 Å². The van der Waals surface area contributed by atoms with Gasteiger partial charge < -0.3 is 4.74 Å². The molecule has 2 atom stereocenters. The number of carbonyl (C=O) groups is 1. The van der Waals surface area contributed by atoms with Gasteiger partial charge in [-0.15, -0.1) is 23.2 Å². The first-order chi connectivity index (χ1) is 5.43. The normalized spacial score (nSPS) is 17.2. The second-order valence-electron chi connectivity index (χ2n) is 2.50. The highest BCUT2D eigenvalue weighted by Crippen LogP contribution is 2.22. The van der Waals surface area contributed by atoms with E-state index in [2.05, 4.69) is 4.74 Å². The highest BCUT2D eigenvalue weighted by molar-refractivity contribution is 6.31. The van der Waals surface area contributed by atoms with Gasteiger partial charge >= 0.3 is 5.97 Å². The van der Waals surface area contributed by atoms with Crippen LogP contribution in [0.4, 0.5) is 0 Å². The van der Waals surface area contributed by atoms with Crippen molar-refractivity contribution < 1.29 is 9.53 Å². The third kappa shape index (κ3) is 3.80. The van der Waals surface area contributed by atoms with Crippen molar-refractivity contribution >= 4 is 29.2 Å². The summed E-state index contributed by atoms with van der Waals surface area (Å²) in [6, 6.07) is 1.82. The Bertz CT molecular complexity index is 210. The summed E-state index contributed by atoms with van der Waals surface area (Å²) in [5.74, 6) is -0.571. The Morgan fingerprint density at radius 2 is 2.33 bits per heavy atom. The van der Waals surface area contributed by atoms with Crippen molar-refractivity contribution in [3.05, 3.63) is 0 Å². The molecule has 68 valence electrons. The summed E-state index contributed by atoms with van der Waals surface area (Å²) in [7, 11) is 1.23. The Balaban J connectivity index is 4.11. The maximum absolute atomic E-state index is 10.8. The SMILES string of the molecule is COC(=O)C(Cl)CC(C)(Cl)C#N. The highest BCUT2D eigenvalue weighted by atomic mass is 35.5. The second kappa shape index (κ2) is 4.54. The van der Waals surface area contributed by atoms with Crippen molar-refractivity contribution in [2.24, 2.45) is 0 Å². The molecule has 12 heavy (non-hydrogen) atoms.